The molecule has 1 aromatic rings. The van der Waals surface area contributed by atoms with Crippen LogP contribution in [-0.2, 0) is 4.74 Å². The molecular weight excluding hydrogens is 248 g/mol. The normalized spacial score (nSPS) is 22.5. The van der Waals surface area contributed by atoms with Gasteiger partial charge in [0.2, 0.25) is 0 Å². The molecule has 0 spiro atoms. The first-order valence-corrected chi connectivity index (χ1v) is 7.61. The second-order valence-electron chi connectivity index (χ2n) is 7.12. The van der Waals surface area contributed by atoms with E-state index in [1.165, 1.54) is 11.1 Å². The summed E-state index contributed by atoms with van der Waals surface area (Å²) in [5, 5.41) is 10.9. The average molecular weight is 276 g/mol. The maximum atomic E-state index is 10.9. The minimum absolute atomic E-state index is 0.364. The molecule has 1 atom stereocenters. The van der Waals surface area contributed by atoms with Gasteiger partial charge in [-0.1, -0.05) is 32.0 Å². The molecule has 1 saturated carbocycles. The highest BCUT2D eigenvalue weighted by atomic mass is 16.5. The van der Waals surface area contributed by atoms with Crippen LogP contribution in [0.3, 0.4) is 0 Å². The van der Waals surface area contributed by atoms with Crippen LogP contribution in [0.25, 0.3) is 0 Å². The maximum absolute atomic E-state index is 10.9. The van der Waals surface area contributed by atoms with E-state index in [9.17, 15) is 5.11 Å². The standard InChI is InChI=1S/C18H28O2/c1-13-7-6-8-15(14(13)2)16(19)18(20-5)11-9-17(3,4)10-12-18/h6-8,16,19H,9-12H2,1-5H3. The number of aliphatic hydroxyl groups is 1. The van der Waals surface area contributed by atoms with Crippen LogP contribution >= 0.6 is 0 Å². The molecule has 0 aliphatic heterocycles. The van der Waals surface area contributed by atoms with Crippen LogP contribution in [0.4, 0.5) is 0 Å². The van der Waals surface area contributed by atoms with Crippen molar-refractivity contribution in [3.05, 3.63) is 34.9 Å². The van der Waals surface area contributed by atoms with Gasteiger partial charge < -0.3 is 9.84 Å². The molecule has 20 heavy (non-hydrogen) atoms. The number of aryl methyl sites for hydroxylation is 1. The number of benzene rings is 1. The number of hydrogen-bond donors (Lipinski definition) is 1. The highest BCUT2D eigenvalue weighted by molar-refractivity contribution is 5.36. The molecule has 2 rings (SSSR count). The third kappa shape index (κ3) is 2.77. The van der Waals surface area contributed by atoms with Crippen molar-refractivity contribution in [3.63, 3.8) is 0 Å². The van der Waals surface area contributed by atoms with E-state index in [1.54, 1.807) is 7.11 Å². The minimum Gasteiger partial charge on any atom is -0.385 e. The fourth-order valence-corrected chi connectivity index (χ4v) is 3.29. The van der Waals surface area contributed by atoms with Gasteiger partial charge in [-0.15, -0.1) is 0 Å². The molecule has 1 aliphatic carbocycles. The first-order chi connectivity index (χ1) is 9.31. The Morgan fingerprint density at radius 3 is 2.25 bits per heavy atom. The van der Waals surface area contributed by atoms with E-state index in [0.717, 1.165) is 31.2 Å². The summed E-state index contributed by atoms with van der Waals surface area (Å²) in [5.74, 6) is 0. The van der Waals surface area contributed by atoms with Gasteiger partial charge in [0.05, 0.1) is 5.60 Å². The highest BCUT2D eigenvalue weighted by Crippen LogP contribution is 2.47. The highest BCUT2D eigenvalue weighted by Gasteiger charge is 2.44. The number of methoxy groups -OCH3 is 1. The Balaban J connectivity index is 2.30. The fourth-order valence-electron chi connectivity index (χ4n) is 3.29. The van der Waals surface area contributed by atoms with Gasteiger partial charge in [0, 0.05) is 7.11 Å². The van der Waals surface area contributed by atoms with E-state index in [4.69, 9.17) is 4.74 Å². The van der Waals surface area contributed by atoms with Crippen LogP contribution in [0, 0.1) is 19.3 Å². The lowest BCUT2D eigenvalue weighted by Gasteiger charge is -2.45. The Bertz CT molecular complexity index is 466. The van der Waals surface area contributed by atoms with Crippen LogP contribution in [-0.4, -0.2) is 17.8 Å². The Labute approximate surface area is 123 Å². The van der Waals surface area contributed by atoms with E-state index in [1.807, 2.05) is 12.1 Å². The van der Waals surface area contributed by atoms with Crippen LogP contribution in [0.2, 0.25) is 0 Å². The van der Waals surface area contributed by atoms with Crippen molar-refractivity contribution < 1.29 is 9.84 Å². The van der Waals surface area contributed by atoms with Crippen molar-refractivity contribution >= 4 is 0 Å². The quantitative estimate of drug-likeness (QED) is 0.890. The molecular formula is C18H28O2. The molecule has 0 bridgehead atoms. The maximum Gasteiger partial charge on any atom is 0.108 e. The summed E-state index contributed by atoms with van der Waals surface area (Å²) < 4.78 is 5.83. The van der Waals surface area contributed by atoms with E-state index in [2.05, 4.69) is 33.8 Å². The van der Waals surface area contributed by atoms with Gasteiger partial charge in [-0.05, 0) is 61.6 Å². The zero-order valence-corrected chi connectivity index (χ0v) is 13.5. The molecule has 2 nitrogen and oxygen atoms in total. The summed E-state index contributed by atoms with van der Waals surface area (Å²) in [7, 11) is 1.74. The van der Waals surface area contributed by atoms with Crippen molar-refractivity contribution in [2.75, 3.05) is 7.11 Å². The summed E-state index contributed by atoms with van der Waals surface area (Å²) in [6, 6.07) is 6.15. The number of hydrogen-bond acceptors (Lipinski definition) is 2. The Hall–Kier alpha value is -0.860. The first-order valence-electron chi connectivity index (χ1n) is 7.61. The molecule has 1 fully saturated rings. The van der Waals surface area contributed by atoms with E-state index in [-0.39, 0.29) is 0 Å². The predicted octanol–water partition coefficient (Wildman–Crippen LogP) is 4.32. The van der Waals surface area contributed by atoms with Gasteiger partial charge >= 0.3 is 0 Å². The fraction of sp³-hybridized carbons (Fsp3) is 0.667. The zero-order chi connectivity index (χ0) is 15.0. The summed E-state index contributed by atoms with van der Waals surface area (Å²) in [6.07, 6.45) is 3.50. The molecule has 1 aliphatic rings. The lowest BCUT2D eigenvalue weighted by Crippen LogP contribution is -2.44. The molecule has 1 unspecified atom stereocenters. The third-order valence-electron chi connectivity index (χ3n) is 5.30. The molecule has 0 amide bonds. The third-order valence-corrected chi connectivity index (χ3v) is 5.30. The molecule has 2 heteroatoms. The topological polar surface area (TPSA) is 29.5 Å². The van der Waals surface area contributed by atoms with Gasteiger partial charge in [-0.3, -0.25) is 0 Å². The predicted molar refractivity (Wildman–Crippen MR) is 82.9 cm³/mol. The van der Waals surface area contributed by atoms with Gasteiger partial charge in [0.25, 0.3) is 0 Å². The van der Waals surface area contributed by atoms with Crippen molar-refractivity contribution in [1.82, 2.24) is 0 Å². The van der Waals surface area contributed by atoms with Crippen LogP contribution < -0.4 is 0 Å². The van der Waals surface area contributed by atoms with E-state index in [0.29, 0.717) is 5.41 Å². The SMILES string of the molecule is COC1(C(O)c2cccc(C)c2C)CCC(C)(C)CC1. The average Bonchev–Trinajstić information content (AvgIpc) is 2.42. The van der Waals surface area contributed by atoms with Crippen LogP contribution in [0.1, 0.15) is 62.3 Å². The van der Waals surface area contributed by atoms with E-state index >= 15 is 0 Å². The Kier molecular flexibility index (Phi) is 4.27. The molecule has 1 N–H and O–H groups in total. The molecule has 0 radical (unpaired) electrons. The van der Waals surface area contributed by atoms with Gasteiger partial charge in [0.15, 0.2) is 0 Å². The molecule has 0 saturated heterocycles. The molecule has 112 valence electrons. The Morgan fingerprint density at radius 1 is 1.10 bits per heavy atom. The van der Waals surface area contributed by atoms with Gasteiger partial charge in [-0.25, -0.2) is 0 Å². The summed E-state index contributed by atoms with van der Waals surface area (Å²) in [4.78, 5) is 0. The van der Waals surface area contributed by atoms with Gasteiger partial charge in [0.1, 0.15) is 6.10 Å². The smallest absolute Gasteiger partial charge is 0.108 e. The molecule has 1 aromatic carbocycles. The van der Waals surface area contributed by atoms with Crippen LogP contribution in [0.5, 0.6) is 0 Å². The van der Waals surface area contributed by atoms with Crippen molar-refractivity contribution in [2.45, 2.75) is 65.1 Å². The lowest BCUT2D eigenvalue weighted by atomic mass is 9.68. The monoisotopic (exact) mass is 276 g/mol. The second-order valence-corrected chi connectivity index (χ2v) is 7.12. The largest absolute Gasteiger partial charge is 0.385 e. The number of ether oxygens (including phenoxy) is 1. The second kappa shape index (κ2) is 5.50. The van der Waals surface area contributed by atoms with Gasteiger partial charge in [-0.2, -0.15) is 0 Å². The Morgan fingerprint density at radius 2 is 1.70 bits per heavy atom. The number of rotatable bonds is 3. The summed E-state index contributed by atoms with van der Waals surface area (Å²) in [6.45, 7) is 8.78. The zero-order valence-electron chi connectivity index (χ0n) is 13.5. The van der Waals surface area contributed by atoms with E-state index < -0.39 is 11.7 Å². The lowest BCUT2D eigenvalue weighted by molar-refractivity contribution is -0.138. The molecule has 0 aromatic heterocycles. The van der Waals surface area contributed by atoms with Crippen LogP contribution in [0.15, 0.2) is 18.2 Å². The molecule has 0 heterocycles. The minimum atomic E-state index is -0.538. The van der Waals surface area contributed by atoms with Crippen molar-refractivity contribution in [2.24, 2.45) is 5.41 Å². The van der Waals surface area contributed by atoms with Crippen molar-refractivity contribution in [1.29, 1.82) is 0 Å². The van der Waals surface area contributed by atoms with Crippen molar-refractivity contribution in [3.8, 4) is 0 Å². The first kappa shape index (κ1) is 15.5. The summed E-state index contributed by atoms with van der Waals surface area (Å²) >= 11 is 0. The number of aliphatic hydroxyl groups excluding tert-OH is 1. The summed E-state index contributed by atoms with van der Waals surface area (Å²) in [5.41, 5.74) is 3.37.